The van der Waals surface area contributed by atoms with Crippen LogP contribution in [0.2, 0.25) is 0 Å². The Bertz CT molecular complexity index is 256. The summed E-state index contributed by atoms with van der Waals surface area (Å²) in [5, 5.41) is 2.34. The molecule has 1 saturated heterocycles. The van der Waals surface area contributed by atoms with Gasteiger partial charge in [-0.3, -0.25) is 19.8 Å². The third kappa shape index (κ3) is 2.37. The first-order valence-electron chi connectivity index (χ1n) is 5.73. The normalized spacial score (nSPS) is 26.7. The molecule has 1 unspecified atom stereocenters. The van der Waals surface area contributed by atoms with Crippen molar-refractivity contribution in [2.75, 3.05) is 13.1 Å². The van der Waals surface area contributed by atoms with Crippen molar-refractivity contribution in [3.63, 3.8) is 0 Å². The molecule has 1 N–H and O–H groups in total. The third-order valence-electron chi connectivity index (χ3n) is 3.63. The summed E-state index contributed by atoms with van der Waals surface area (Å²) in [5.74, 6) is 0.357. The van der Waals surface area contributed by atoms with E-state index in [1.807, 2.05) is 4.90 Å². The second-order valence-corrected chi connectivity index (χ2v) is 4.66. The summed E-state index contributed by atoms with van der Waals surface area (Å²) in [4.78, 5) is 24.5. The number of hydrogen-bond donors (Lipinski definition) is 1. The van der Waals surface area contributed by atoms with Crippen LogP contribution in [0.25, 0.3) is 0 Å². The molecule has 15 heavy (non-hydrogen) atoms. The molecule has 4 heteroatoms. The number of hydrogen-bond acceptors (Lipinski definition) is 3. The topological polar surface area (TPSA) is 49.4 Å². The zero-order valence-corrected chi connectivity index (χ0v) is 9.16. The Kier molecular flexibility index (Phi) is 3.05. The summed E-state index contributed by atoms with van der Waals surface area (Å²) in [6.07, 6.45) is 5.08. The fraction of sp³-hybridized carbons (Fsp3) is 0.818. The average Bonchev–Trinajstić information content (AvgIpc) is 2.67. The number of piperazine rings is 1. The van der Waals surface area contributed by atoms with Gasteiger partial charge < -0.3 is 0 Å². The first kappa shape index (κ1) is 10.6. The van der Waals surface area contributed by atoms with Crippen LogP contribution >= 0.6 is 0 Å². The van der Waals surface area contributed by atoms with Gasteiger partial charge in [-0.15, -0.1) is 0 Å². The largest absolute Gasteiger partial charge is 0.294 e. The highest BCUT2D eigenvalue weighted by atomic mass is 16.2. The summed E-state index contributed by atoms with van der Waals surface area (Å²) in [7, 11) is 0. The molecule has 2 fully saturated rings. The monoisotopic (exact) mass is 210 g/mol. The number of imide groups is 1. The van der Waals surface area contributed by atoms with E-state index in [-0.39, 0.29) is 11.8 Å². The van der Waals surface area contributed by atoms with Crippen molar-refractivity contribution in [2.24, 2.45) is 5.92 Å². The minimum atomic E-state index is -0.156. The molecule has 2 aliphatic rings. The number of carbonyl (C=O) groups is 2. The predicted molar refractivity (Wildman–Crippen MR) is 56.1 cm³/mol. The molecule has 0 bridgehead atoms. The molecule has 0 aromatic rings. The fourth-order valence-corrected chi connectivity index (χ4v) is 2.69. The van der Waals surface area contributed by atoms with Gasteiger partial charge in [-0.05, 0) is 25.7 Å². The van der Waals surface area contributed by atoms with Gasteiger partial charge in [0.05, 0.1) is 13.1 Å². The van der Waals surface area contributed by atoms with E-state index in [0.29, 0.717) is 25.0 Å². The van der Waals surface area contributed by atoms with E-state index in [0.717, 1.165) is 0 Å². The molecule has 1 heterocycles. The van der Waals surface area contributed by atoms with Crippen LogP contribution in [0.4, 0.5) is 0 Å². The highest BCUT2D eigenvalue weighted by molar-refractivity contribution is 5.99. The van der Waals surface area contributed by atoms with Crippen molar-refractivity contribution in [3.8, 4) is 0 Å². The van der Waals surface area contributed by atoms with Crippen LogP contribution in [0.15, 0.2) is 0 Å². The van der Waals surface area contributed by atoms with Gasteiger partial charge in [-0.1, -0.05) is 12.8 Å². The molecule has 1 atom stereocenters. The first-order valence-corrected chi connectivity index (χ1v) is 5.73. The number of nitrogens with one attached hydrogen (secondary N) is 1. The lowest BCUT2D eigenvalue weighted by Gasteiger charge is -2.34. The Hall–Kier alpha value is -0.900. The van der Waals surface area contributed by atoms with Crippen LogP contribution in [0, 0.1) is 5.92 Å². The Morgan fingerprint density at radius 3 is 2.27 bits per heavy atom. The van der Waals surface area contributed by atoms with E-state index in [9.17, 15) is 9.59 Å². The summed E-state index contributed by atoms with van der Waals surface area (Å²) in [6.45, 7) is 2.90. The van der Waals surface area contributed by atoms with E-state index in [1.54, 1.807) is 0 Å². The molecule has 1 saturated carbocycles. The number of amides is 2. The van der Waals surface area contributed by atoms with Gasteiger partial charge in [0.25, 0.3) is 0 Å². The van der Waals surface area contributed by atoms with Gasteiger partial charge in [0.15, 0.2) is 0 Å². The van der Waals surface area contributed by atoms with E-state index in [2.05, 4.69) is 12.2 Å². The van der Waals surface area contributed by atoms with Gasteiger partial charge >= 0.3 is 0 Å². The number of rotatable bonds is 2. The number of nitrogens with zero attached hydrogens (tertiary/aromatic N) is 1. The quantitative estimate of drug-likeness (QED) is 0.676. The van der Waals surface area contributed by atoms with Crippen molar-refractivity contribution in [3.05, 3.63) is 0 Å². The van der Waals surface area contributed by atoms with Crippen LogP contribution in [-0.4, -0.2) is 35.8 Å². The first-order chi connectivity index (χ1) is 7.16. The second-order valence-electron chi connectivity index (χ2n) is 4.66. The highest BCUT2D eigenvalue weighted by Gasteiger charge is 2.31. The molecule has 2 rings (SSSR count). The molecule has 0 spiro atoms. The Balaban J connectivity index is 1.96. The summed E-state index contributed by atoms with van der Waals surface area (Å²) in [5.41, 5.74) is 0. The van der Waals surface area contributed by atoms with Gasteiger partial charge in [0.2, 0.25) is 11.8 Å². The molecule has 84 valence electrons. The van der Waals surface area contributed by atoms with E-state index in [4.69, 9.17) is 0 Å². The zero-order chi connectivity index (χ0) is 10.8. The molecular formula is C11H18N2O2. The van der Waals surface area contributed by atoms with Gasteiger partial charge in [0, 0.05) is 6.04 Å². The van der Waals surface area contributed by atoms with E-state index >= 15 is 0 Å². The molecule has 1 aliphatic heterocycles. The maximum absolute atomic E-state index is 11.2. The van der Waals surface area contributed by atoms with Crippen LogP contribution in [0.5, 0.6) is 0 Å². The van der Waals surface area contributed by atoms with Crippen LogP contribution in [0.1, 0.15) is 32.6 Å². The highest BCUT2D eigenvalue weighted by Crippen LogP contribution is 2.30. The van der Waals surface area contributed by atoms with Crippen LogP contribution in [-0.2, 0) is 9.59 Å². The predicted octanol–water partition coefficient (Wildman–Crippen LogP) is 0.523. The van der Waals surface area contributed by atoms with E-state index in [1.165, 1.54) is 25.7 Å². The fourth-order valence-electron chi connectivity index (χ4n) is 2.69. The molecule has 0 aromatic carbocycles. The Labute approximate surface area is 90.0 Å². The minimum Gasteiger partial charge on any atom is -0.294 e. The van der Waals surface area contributed by atoms with Gasteiger partial charge in [-0.2, -0.15) is 0 Å². The smallest absolute Gasteiger partial charge is 0.240 e. The van der Waals surface area contributed by atoms with E-state index < -0.39 is 0 Å². The SMILES string of the molecule is CC(C1CCCC1)N1CC(=O)NC(=O)C1. The number of carbonyl (C=O) groups excluding carboxylic acids is 2. The van der Waals surface area contributed by atoms with Crippen molar-refractivity contribution >= 4 is 11.8 Å². The maximum Gasteiger partial charge on any atom is 0.240 e. The molecule has 0 radical (unpaired) electrons. The molecule has 0 aromatic heterocycles. The zero-order valence-electron chi connectivity index (χ0n) is 9.16. The van der Waals surface area contributed by atoms with Crippen molar-refractivity contribution in [1.29, 1.82) is 0 Å². The lowest BCUT2D eigenvalue weighted by Crippen LogP contribution is -2.55. The summed E-state index contributed by atoms with van der Waals surface area (Å²) < 4.78 is 0. The third-order valence-corrected chi connectivity index (χ3v) is 3.63. The average molecular weight is 210 g/mol. The van der Waals surface area contributed by atoms with Crippen molar-refractivity contribution < 1.29 is 9.59 Å². The van der Waals surface area contributed by atoms with Crippen molar-refractivity contribution in [2.45, 2.75) is 38.6 Å². The van der Waals surface area contributed by atoms with Crippen LogP contribution < -0.4 is 5.32 Å². The van der Waals surface area contributed by atoms with Gasteiger partial charge in [-0.25, -0.2) is 0 Å². The molecule has 1 aliphatic carbocycles. The van der Waals surface area contributed by atoms with Crippen LogP contribution in [0.3, 0.4) is 0 Å². The minimum absolute atomic E-state index is 0.156. The molecule has 4 nitrogen and oxygen atoms in total. The second kappa shape index (κ2) is 4.31. The summed E-state index contributed by atoms with van der Waals surface area (Å²) in [6, 6.07) is 0.363. The molecule has 2 amide bonds. The lowest BCUT2D eigenvalue weighted by atomic mass is 9.97. The Morgan fingerprint density at radius 2 is 1.73 bits per heavy atom. The standard InChI is InChI=1S/C11H18N2O2/c1-8(9-4-2-3-5-9)13-6-10(14)12-11(15)7-13/h8-9H,2-7H2,1H3,(H,12,14,15). The van der Waals surface area contributed by atoms with Crippen molar-refractivity contribution in [1.82, 2.24) is 10.2 Å². The summed E-state index contributed by atoms with van der Waals surface area (Å²) >= 11 is 0. The Morgan fingerprint density at radius 1 is 1.20 bits per heavy atom. The lowest BCUT2D eigenvalue weighted by molar-refractivity contribution is -0.137. The molecular weight excluding hydrogens is 192 g/mol. The maximum atomic E-state index is 11.2. The van der Waals surface area contributed by atoms with Gasteiger partial charge in [0.1, 0.15) is 0 Å².